The molecule has 6 aliphatic rings. The first-order valence-corrected chi connectivity index (χ1v) is 12.4. The van der Waals surface area contributed by atoms with Gasteiger partial charge in [-0.1, -0.05) is 20.8 Å². The number of carbonyl (C=O) groups is 1. The molecule has 1 spiro atoms. The topological polar surface area (TPSA) is 173 Å². The number of nitrogens with one attached hydrogen (secondary N) is 1. The average Bonchev–Trinajstić information content (AvgIpc) is 3.43. The van der Waals surface area contributed by atoms with Crippen molar-refractivity contribution >= 4 is 5.97 Å². The van der Waals surface area contributed by atoms with Crippen LogP contribution in [0.3, 0.4) is 0 Å². The molecular formula is C25H35NO9. The van der Waals surface area contributed by atoms with E-state index in [1.807, 2.05) is 0 Å². The minimum Gasteiger partial charge on any atom is -0.454 e. The van der Waals surface area contributed by atoms with Gasteiger partial charge in [-0.2, -0.15) is 0 Å². The van der Waals surface area contributed by atoms with Crippen LogP contribution in [0.2, 0.25) is 0 Å². The zero-order valence-corrected chi connectivity index (χ0v) is 20.4. The number of H-pyrrole nitrogens is 1. The van der Waals surface area contributed by atoms with Gasteiger partial charge in [0, 0.05) is 24.0 Å². The predicted molar refractivity (Wildman–Crippen MR) is 119 cm³/mol. The van der Waals surface area contributed by atoms with Crippen molar-refractivity contribution in [3.63, 3.8) is 0 Å². The summed E-state index contributed by atoms with van der Waals surface area (Å²) in [5.41, 5.74) is -11.7. The van der Waals surface area contributed by atoms with Crippen LogP contribution < -0.4 is 0 Å². The zero-order valence-electron chi connectivity index (χ0n) is 20.4. The quantitative estimate of drug-likeness (QED) is 0.277. The molecule has 6 bridgehead atoms. The van der Waals surface area contributed by atoms with E-state index in [1.165, 1.54) is 13.0 Å². The number of aromatic nitrogens is 1. The van der Waals surface area contributed by atoms with Crippen molar-refractivity contribution in [2.24, 2.45) is 28.6 Å². The number of hydrogen-bond acceptors (Lipinski definition) is 9. The van der Waals surface area contributed by atoms with Crippen LogP contribution in [0.15, 0.2) is 18.3 Å². The molecular weight excluding hydrogens is 458 g/mol. The maximum atomic E-state index is 13.2. The highest BCUT2D eigenvalue weighted by atomic mass is 16.7. The molecule has 0 radical (unpaired) electrons. The molecule has 1 aromatic rings. The maximum Gasteiger partial charge on any atom is 0.355 e. The standard InChI is InChI=1S/C25H35NO9/c1-12(2)23(32)17(34-18(29)14-6-5-9-26-14)15-20(11-27)10-22(31)19(23,4)24(15,33)25(35-22)16(28)13(3)7-8-21(20,25)30/h5-6,9,12-13,15-17,26-28,30-33H,7-8,10-11H2,1-4H3. The van der Waals surface area contributed by atoms with E-state index in [9.17, 15) is 35.4 Å². The molecule has 35 heavy (non-hydrogen) atoms. The second-order valence-corrected chi connectivity index (χ2v) is 12.2. The van der Waals surface area contributed by atoms with Crippen LogP contribution in [0.25, 0.3) is 0 Å². The van der Waals surface area contributed by atoms with E-state index >= 15 is 0 Å². The van der Waals surface area contributed by atoms with Gasteiger partial charge in [-0.3, -0.25) is 0 Å². The van der Waals surface area contributed by atoms with E-state index in [2.05, 4.69) is 4.98 Å². The Morgan fingerprint density at radius 3 is 2.54 bits per heavy atom. The summed E-state index contributed by atoms with van der Waals surface area (Å²) in [5.74, 6) is -5.31. The maximum absolute atomic E-state index is 13.2. The lowest BCUT2D eigenvalue weighted by atomic mass is 9.54. The molecule has 6 fully saturated rings. The molecule has 10 nitrogen and oxygen atoms in total. The van der Waals surface area contributed by atoms with Gasteiger partial charge < -0.3 is 45.1 Å². The number of esters is 1. The Morgan fingerprint density at radius 2 is 1.97 bits per heavy atom. The molecule has 3 heterocycles. The minimum atomic E-state index is -2.24. The Morgan fingerprint density at radius 1 is 1.29 bits per heavy atom. The number of hydrogen-bond donors (Lipinski definition) is 7. The Hall–Kier alpha value is -1.53. The summed E-state index contributed by atoms with van der Waals surface area (Å²) < 4.78 is 12.2. The van der Waals surface area contributed by atoms with Crippen molar-refractivity contribution in [3.8, 4) is 0 Å². The summed E-state index contributed by atoms with van der Waals surface area (Å²) in [6, 6.07) is 3.13. The summed E-state index contributed by atoms with van der Waals surface area (Å²) in [7, 11) is 0. The van der Waals surface area contributed by atoms with Gasteiger partial charge in [0.05, 0.1) is 18.1 Å². The second-order valence-electron chi connectivity index (χ2n) is 12.2. The Bertz CT molecular complexity index is 1090. The van der Waals surface area contributed by atoms with E-state index in [-0.39, 0.29) is 18.5 Å². The minimum absolute atomic E-state index is 0.0914. The highest BCUT2D eigenvalue weighted by molar-refractivity contribution is 5.87. The van der Waals surface area contributed by atoms with Gasteiger partial charge in [0.1, 0.15) is 28.6 Å². The van der Waals surface area contributed by atoms with Gasteiger partial charge in [0.15, 0.2) is 11.4 Å². The van der Waals surface area contributed by atoms with Crippen LogP contribution in [-0.4, -0.2) is 88.6 Å². The van der Waals surface area contributed by atoms with Gasteiger partial charge in [-0.25, -0.2) is 4.79 Å². The molecule has 0 amide bonds. The molecule has 4 saturated carbocycles. The molecule has 11 atom stereocenters. The summed E-state index contributed by atoms with van der Waals surface area (Å²) >= 11 is 0. The van der Waals surface area contributed by atoms with Crippen molar-refractivity contribution in [3.05, 3.63) is 24.0 Å². The van der Waals surface area contributed by atoms with E-state index < -0.39 is 81.6 Å². The molecule has 7 N–H and O–H groups in total. The van der Waals surface area contributed by atoms with E-state index in [4.69, 9.17) is 9.47 Å². The third-order valence-electron chi connectivity index (χ3n) is 11.1. The first-order valence-electron chi connectivity index (χ1n) is 12.4. The summed E-state index contributed by atoms with van der Waals surface area (Å²) in [6.45, 7) is 5.95. The summed E-state index contributed by atoms with van der Waals surface area (Å²) in [6.07, 6.45) is -1.10. The smallest absolute Gasteiger partial charge is 0.355 e. The Labute approximate surface area is 202 Å². The van der Waals surface area contributed by atoms with Gasteiger partial charge in [0.25, 0.3) is 0 Å². The molecule has 4 aliphatic carbocycles. The molecule has 10 heteroatoms. The molecule has 11 unspecified atom stereocenters. The van der Waals surface area contributed by atoms with Crippen molar-refractivity contribution < 1.29 is 44.9 Å². The fourth-order valence-electron chi connectivity index (χ4n) is 9.59. The zero-order chi connectivity index (χ0) is 25.6. The lowest BCUT2D eigenvalue weighted by molar-refractivity contribution is -0.390. The number of aliphatic hydroxyl groups is 6. The van der Waals surface area contributed by atoms with Crippen LogP contribution in [0.1, 0.15) is 57.4 Å². The van der Waals surface area contributed by atoms with Gasteiger partial charge >= 0.3 is 5.97 Å². The van der Waals surface area contributed by atoms with Crippen molar-refractivity contribution in [1.29, 1.82) is 0 Å². The van der Waals surface area contributed by atoms with Crippen LogP contribution in [0, 0.1) is 28.6 Å². The second kappa shape index (κ2) is 6.30. The van der Waals surface area contributed by atoms with Crippen LogP contribution in [0.5, 0.6) is 0 Å². The summed E-state index contributed by atoms with van der Waals surface area (Å²) in [4.78, 5) is 15.9. The van der Waals surface area contributed by atoms with Crippen molar-refractivity contribution in [2.45, 2.75) is 87.4 Å². The normalized spacial score (nSPS) is 57.7. The summed E-state index contributed by atoms with van der Waals surface area (Å²) in [5, 5.41) is 72.1. The lowest BCUT2D eigenvalue weighted by Crippen LogP contribution is -2.75. The van der Waals surface area contributed by atoms with Gasteiger partial charge in [-0.15, -0.1) is 0 Å². The third kappa shape index (κ3) is 1.88. The number of aliphatic hydroxyl groups excluding tert-OH is 2. The van der Waals surface area contributed by atoms with Crippen LogP contribution in [-0.2, 0) is 9.47 Å². The molecule has 1 aromatic heterocycles. The van der Waals surface area contributed by atoms with Crippen molar-refractivity contribution in [1.82, 2.24) is 4.98 Å². The predicted octanol–water partition coefficient (Wildman–Crippen LogP) is -0.330. The lowest BCUT2D eigenvalue weighted by Gasteiger charge is -2.60. The van der Waals surface area contributed by atoms with Crippen LogP contribution in [0.4, 0.5) is 0 Å². The highest BCUT2D eigenvalue weighted by Gasteiger charge is 3.06. The Kier molecular flexibility index (Phi) is 4.29. The monoisotopic (exact) mass is 493 g/mol. The molecule has 2 aliphatic heterocycles. The van der Waals surface area contributed by atoms with E-state index in [0.717, 1.165) is 0 Å². The van der Waals surface area contributed by atoms with E-state index in [1.54, 1.807) is 33.0 Å². The SMILES string of the molecule is CC1CCC2(O)C3(CO)CC4(O)OC2(C1O)C1(O)C3C(OC(=O)c2ccc[nH]2)C(O)(C(C)C)C41C. The third-order valence-corrected chi connectivity index (χ3v) is 11.1. The number of ether oxygens (including phenoxy) is 2. The molecule has 2 saturated heterocycles. The van der Waals surface area contributed by atoms with Crippen molar-refractivity contribution in [2.75, 3.05) is 6.61 Å². The number of rotatable bonds is 4. The molecule has 7 rings (SSSR count). The van der Waals surface area contributed by atoms with E-state index in [0.29, 0.717) is 6.42 Å². The van der Waals surface area contributed by atoms with Gasteiger partial charge in [0.2, 0.25) is 0 Å². The first kappa shape index (κ1) is 23.8. The Balaban J connectivity index is 1.66. The first-order chi connectivity index (χ1) is 16.2. The van der Waals surface area contributed by atoms with Gasteiger partial charge in [-0.05, 0) is 43.7 Å². The number of carbonyl (C=O) groups excluding carboxylic acids is 1. The largest absolute Gasteiger partial charge is 0.454 e. The number of aromatic amines is 1. The average molecular weight is 494 g/mol. The fraction of sp³-hybridized carbons (Fsp3) is 0.800. The van der Waals surface area contributed by atoms with Crippen LogP contribution >= 0.6 is 0 Å². The fourth-order valence-corrected chi connectivity index (χ4v) is 9.59. The highest BCUT2D eigenvalue weighted by Crippen LogP contribution is 2.89. The molecule has 194 valence electrons. The molecule has 0 aromatic carbocycles.